The second kappa shape index (κ2) is 8.42. The molecule has 2 heterocycles. The fraction of sp³-hybridized carbons (Fsp3) is 0.480. The minimum absolute atomic E-state index is 0.171. The van der Waals surface area contributed by atoms with E-state index in [1.54, 1.807) is 0 Å². The number of ether oxygens (including phenoxy) is 2. The van der Waals surface area contributed by atoms with Crippen molar-refractivity contribution in [2.45, 2.75) is 51.7 Å². The van der Waals surface area contributed by atoms with Crippen LogP contribution >= 0.6 is 0 Å². The van der Waals surface area contributed by atoms with Crippen molar-refractivity contribution in [2.24, 2.45) is 5.92 Å². The van der Waals surface area contributed by atoms with Gasteiger partial charge in [-0.15, -0.1) is 0 Å². The molecular weight excluding hydrogens is 391 g/mol. The third-order valence-electron chi connectivity index (χ3n) is 6.72. The van der Waals surface area contributed by atoms with Crippen LogP contribution in [0, 0.1) is 5.92 Å². The molecule has 6 heteroatoms. The molecule has 0 aromatic heterocycles. The summed E-state index contributed by atoms with van der Waals surface area (Å²) in [6, 6.07) is 16.4. The maximum absolute atomic E-state index is 12.5. The molecule has 2 aromatic carbocycles. The van der Waals surface area contributed by atoms with Crippen LogP contribution in [0.25, 0.3) is 11.1 Å². The van der Waals surface area contributed by atoms with Crippen LogP contribution in [0.4, 0.5) is 0 Å². The Labute approximate surface area is 185 Å². The van der Waals surface area contributed by atoms with Crippen molar-refractivity contribution < 1.29 is 23.6 Å². The summed E-state index contributed by atoms with van der Waals surface area (Å²) in [5.74, 6) is -0.257. The zero-order valence-electron chi connectivity index (χ0n) is 19.0. The molecule has 0 bridgehead atoms. The van der Waals surface area contributed by atoms with E-state index < -0.39 is 0 Å². The van der Waals surface area contributed by atoms with Crippen LogP contribution in [0.2, 0.25) is 0 Å². The van der Waals surface area contributed by atoms with Gasteiger partial charge in [0.15, 0.2) is 0 Å². The highest BCUT2D eigenvalue weighted by molar-refractivity contribution is 6.62. The molecule has 4 rings (SSSR count). The molecule has 31 heavy (non-hydrogen) atoms. The Morgan fingerprint density at radius 2 is 1.48 bits per heavy atom. The van der Waals surface area contributed by atoms with Crippen molar-refractivity contribution in [1.82, 2.24) is 0 Å². The molecule has 2 aromatic rings. The van der Waals surface area contributed by atoms with Crippen LogP contribution in [0.1, 0.15) is 46.1 Å². The Bertz CT molecular complexity index is 900. The molecule has 1 unspecified atom stereocenters. The van der Waals surface area contributed by atoms with Crippen LogP contribution < -0.4 is 5.46 Å². The Morgan fingerprint density at radius 1 is 0.968 bits per heavy atom. The topological polar surface area (TPSA) is 54.0 Å². The highest BCUT2D eigenvalue weighted by Gasteiger charge is 2.51. The molecule has 0 amide bonds. The number of benzene rings is 2. The van der Waals surface area contributed by atoms with Gasteiger partial charge in [0.2, 0.25) is 0 Å². The van der Waals surface area contributed by atoms with E-state index in [1.165, 1.54) is 0 Å². The zero-order chi connectivity index (χ0) is 22.2. The molecule has 0 aliphatic carbocycles. The van der Waals surface area contributed by atoms with Crippen molar-refractivity contribution in [1.29, 1.82) is 0 Å². The second-order valence-corrected chi connectivity index (χ2v) is 9.36. The predicted octanol–water partition coefficient (Wildman–Crippen LogP) is 3.95. The van der Waals surface area contributed by atoms with Crippen molar-refractivity contribution in [2.75, 3.05) is 19.8 Å². The summed E-state index contributed by atoms with van der Waals surface area (Å²) < 4.78 is 22.9. The van der Waals surface area contributed by atoms with Crippen LogP contribution in [0.5, 0.6) is 0 Å². The van der Waals surface area contributed by atoms with E-state index in [0.29, 0.717) is 19.8 Å². The van der Waals surface area contributed by atoms with Crippen molar-refractivity contribution in [3.63, 3.8) is 0 Å². The highest BCUT2D eigenvalue weighted by atomic mass is 16.7. The van der Waals surface area contributed by atoms with E-state index in [-0.39, 0.29) is 36.1 Å². The number of rotatable bonds is 6. The first kappa shape index (κ1) is 22.1. The van der Waals surface area contributed by atoms with E-state index >= 15 is 0 Å². The van der Waals surface area contributed by atoms with Gasteiger partial charge < -0.3 is 18.8 Å². The fourth-order valence-corrected chi connectivity index (χ4v) is 3.97. The van der Waals surface area contributed by atoms with E-state index in [1.807, 2.05) is 19.1 Å². The quantitative estimate of drug-likeness (QED) is 0.521. The first-order valence-electron chi connectivity index (χ1n) is 11.0. The largest absolute Gasteiger partial charge is 0.494 e. The minimum atomic E-state index is -0.364. The summed E-state index contributed by atoms with van der Waals surface area (Å²) in [5, 5.41) is 0. The average Bonchev–Trinajstić information content (AvgIpc) is 2.92. The minimum Gasteiger partial charge on any atom is -0.466 e. The standard InChI is InChI=1S/C25H31BO5/c1-6-29-23(27)22(20-15-28-16-20)19-9-7-17(8-10-19)18-11-13-21(14-12-18)26-30-24(2,3)25(4,5)31-26/h7-14,20,22H,6,15-16H2,1-5H3. The molecule has 2 fully saturated rings. The molecule has 2 aliphatic rings. The van der Waals surface area contributed by atoms with Gasteiger partial charge in [0, 0.05) is 5.92 Å². The zero-order valence-corrected chi connectivity index (χ0v) is 19.0. The molecule has 2 aliphatic heterocycles. The summed E-state index contributed by atoms with van der Waals surface area (Å²) in [6.45, 7) is 11.7. The number of hydrogen-bond acceptors (Lipinski definition) is 5. The highest BCUT2D eigenvalue weighted by Crippen LogP contribution is 2.37. The van der Waals surface area contributed by atoms with Gasteiger partial charge in [-0.1, -0.05) is 48.5 Å². The van der Waals surface area contributed by atoms with Crippen molar-refractivity contribution in [3.8, 4) is 11.1 Å². The molecule has 0 N–H and O–H groups in total. The summed E-state index contributed by atoms with van der Waals surface area (Å²) in [6.07, 6.45) is 0. The molecule has 1 atom stereocenters. The lowest BCUT2D eigenvalue weighted by Crippen LogP contribution is -2.41. The smallest absolute Gasteiger partial charge is 0.466 e. The Hall–Kier alpha value is -2.15. The van der Waals surface area contributed by atoms with Crippen LogP contribution in [0.15, 0.2) is 48.5 Å². The molecule has 0 saturated carbocycles. The molecule has 164 valence electrons. The van der Waals surface area contributed by atoms with Gasteiger partial charge in [-0.2, -0.15) is 0 Å². The van der Waals surface area contributed by atoms with Crippen LogP contribution in [-0.2, 0) is 23.6 Å². The molecule has 5 nitrogen and oxygen atoms in total. The SMILES string of the molecule is CCOC(=O)C(c1ccc(-c2ccc(B3OC(C)(C)C(C)(C)O3)cc2)cc1)C1COC1. The number of carbonyl (C=O) groups excluding carboxylic acids is 1. The first-order chi connectivity index (χ1) is 14.7. The number of carbonyl (C=O) groups is 1. The van der Waals surface area contributed by atoms with E-state index in [9.17, 15) is 4.79 Å². The summed E-state index contributed by atoms with van der Waals surface area (Å²) in [4.78, 5) is 12.5. The lowest BCUT2D eigenvalue weighted by Gasteiger charge is -2.32. The van der Waals surface area contributed by atoms with Crippen molar-refractivity contribution >= 4 is 18.6 Å². The maximum atomic E-state index is 12.5. The first-order valence-corrected chi connectivity index (χ1v) is 11.0. The Morgan fingerprint density at radius 3 is 1.94 bits per heavy atom. The third-order valence-corrected chi connectivity index (χ3v) is 6.72. The monoisotopic (exact) mass is 422 g/mol. The van der Waals surface area contributed by atoms with E-state index in [4.69, 9.17) is 18.8 Å². The van der Waals surface area contributed by atoms with E-state index in [2.05, 4.69) is 64.1 Å². The lowest BCUT2D eigenvalue weighted by molar-refractivity contribution is -0.152. The van der Waals surface area contributed by atoms with Gasteiger partial charge in [-0.3, -0.25) is 4.79 Å². The number of hydrogen-bond donors (Lipinski definition) is 0. The average molecular weight is 422 g/mol. The van der Waals surface area contributed by atoms with E-state index in [0.717, 1.165) is 22.2 Å². The Kier molecular flexibility index (Phi) is 5.99. The molecule has 0 radical (unpaired) electrons. The molecule has 0 spiro atoms. The Balaban J connectivity index is 1.50. The maximum Gasteiger partial charge on any atom is 0.494 e. The van der Waals surface area contributed by atoms with Gasteiger partial charge in [0.25, 0.3) is 0 Å². The summed E-state index contributed by atoms with van der Waals surface area (Å²) in [7, 11) is -0.364. The molecule has 2 saturated heterocycles. The summed E-state index contributed by atoms with van der Waals surface area (Å²) >= 11 is 0. The van der Waals surface area contributed by atoms with Gasteiger partial charge in [-0.25, -0.2) is 0 Å². The fourth-order valence-electron chi connectivity index (χ4n) is 3.97. The van der Waals surface area contributed by atoms with Gasteiger partial charge in [0.1, 0.15) is 0 Å². The lowest BCUT2D eigenvalue weighted by atomic mass is 9.78. The predicted molar refractivity (Wildman–Crippen MR) is 121 cm³/mol. The molecular formula is C25H31BO5. The van der Waals surface area contributed by atoms with Gasteiger partial charge in [-0.05, 0) is 56.8 Å². The van der Waals surface area contributed by atoms with Crippen LogP contribution in [0.3, 0.4) is 0 Å². The second-order valence-electron chi connectivity index (χ2n) is 9.36. The third kappa shape index (κ3) is 4.29. The van der Waals surface area contributed by atoms with Gasteiger partial charge in [0.05, 0.1) is 36.9 Å². The van der Waals surface area contributed by atoms with Crippen LogP contribution in [-0.4, -0.2) is 44.1 Å². The van der Waals surface area contributed by atoms with Crippen molar-refractivity contribution in [3.05, 3.63) is 54.1 Å². The summed E-state index contributed by atoms with van der Waals surface area (Å²) in [5.41, 5.74) is 3.47. The van der Waals surface area contributed by atoms with Gasteiger partial charge >= 0.3 is 13.1 Å². The number of esters is 1. The normalized spacial score (nSPS) is 20.9.